The summed E-state index contributed by atoms with van der Waals surface area (Å²) in [6.45, 7) is 31.1. The largest absolute Gasteiger partial charge is 0.253 e. The zero-order valence-corrected chi connectivity index (χ0v) is 28.0. The molecule has 0 spiro atoms. The molecule has 2 heteroatoms. The maximum absolute atomic E-state index is 5.13. The minimum atomic E-state index is 0.438. The Balaban J connectivity index is 2.95. The Bertz CT molecular complexity index is 1130. The molecule has 2 aromatic rings. The van der Waals surface area contributed by atoms with Gasteiger partial charge in [0.15, 0.2) is 0 Å². The van der Waals surface area contributed by atoms with Crippen LogP contribution in [0.2, 0.25) is 0 Å². The standard InChI is InChI=1S/C39H58N2/c1-13-26(9)36-30(21-23-34(38(36)28(11)15-3)40-32(17-5)18-6)25-31-22-24-35(41-33(19-7)20-8)39(29(12)16-4)37(31)27(10)14-2/h17,19,21-24,26-29H,5,7,13-16,18,20,25H2,1-4,6,8-12H3. The molecule has 0 saturated heterocycles. The van der Waals surface area contributed by atoms with Crippen LogP contribution in [0.4, 0.5) is 11.4 Å². The Hall–Kier alpha value is -2.74. The predicted molar refractivity (Wildman–Crippen MR) is 186 cm³/mol. The Kier molecular flexibility index (Phi) is 14.0. The van der Waals surface area contributed by atoms with Gasteiger partial charge < -0.3 is 0 Å². The number of nitrogens with zero attached hydrogens (tertiary/aromatic N) is 2. The van der Waals surface area contributed by atoms with Gasteiger partial charge in [-0.2, -0.15) is 0 Å². The molecule has 4 atom stereocenters. The monoisotopic (exact) mass is 554 g/mol. The lowest BCUT2D eigenvalue weighted by Gasteiger charge is -2.28. The van der Waals surface area contributed by atoms with Crippen LogP contribution in [0.1, 0.15) is 165 Å². The van der Waals surface area contributed by atoms with Gasteiger partial charge in [0.25, 0.3) is 0 Å². The van der Waals surface area contributed by atoms with E-state index in [1.54, 1.807) is 0 Å². The summed E-state index contributed by atoms with van der Waals surface area (Å²) in [5.74, 6) is 1.80. The van der Waals surface area contributed by atoms with Crippen LogP contribution < -0.4 is 0 Å². The van der Waals surface area contributed by atoms with Crippen molar-refractivity contribution in [3.8, 4) is 0 Å². The van der Waals surface area contributed by atoms with Gasteiger partial charge in [0.1, 0.15) is 0 Å². The second kappa shape index (κ2) is 16.6. The maximum atomic E-state index is 5.13. The van der Waals surface area contributed by atoms with E-state index in [9.17, 15) is 0 Å². The predicted octanol–water partition coefficient (Wildman–Crippen LogP) is 12.7. The average molecular weight is 555 g/mol. The van der Waals surface area contributed by atoms with Crippen molar-refractivity contribution in [2.24, 2.45) is 9.98 Å². The molecule has 0 heterocycles. The number of rotatable bonds is 16. The molecule has 0 aliphatic carbocycles. The van der Waals surface area contributed by atoms with Crippen LogP contribution in [-0.2, 0) is 6.42 Å². The fourth-order valence-electron chi connectivity index (χ4n) is 5.91. The molecule has 2 rings (SSSR count). The highest BCUT2D eigenvalue weighted by Crippen LogP contribution is 2.43. The van der Waals surface area contributed by atoms with Crippen molar-refractivity contribution in [2.45, 2.75) is 138 Å². The normalized spacial score (nSPS) is 15.4. The van der Waals surface area contributed by atoms with E-state index in [0.717, 1.165) is 67.7 Å². The van der Waals surface area contributed by atoms with Crippen LogP contribution in [-0.4, -0.2) is 11.4 Å². The SMILES string of the molecule is C=CC(CC)=Nc1ccc(Cc2ccc(N=C(C=C)CC)c(C(C)CC)c2C(C)CC)c(C(C)CC)c1C(C)CC. The molecule has 0 saturated carbocycles. The second-order valence-corrected chi connectivity index (χ2v) is 11.9. The first-order valence-corrected chi connectivity index (χ1v) is 16.4. The lowest BCUT2D eigenvalue weighted by molar-refractivity contribution is 0.663. The topological polar surface area (TPSA) is 24.7 Å². The van der Waals surface area contributed by atoms with Crippen molar-refractivity contribution in [2.75, 3.05) is 0 Å². The van der Waals surface area contributed by atoms with Gasteiger partial charge in [-0.15, -0.1) is 0 Å². The molecule has 2 aromatic carbocycles. The highest BCUT2D eigenvalue weighted by molar-refractivity contribution is 5.97. The minimum Gasteiger partial charge on any atom is -0.253 e. The van der Waals surface area contributed by atoms with Crippen molar-refractivity contribution in [3.63, 3.8) is 0 Å². The Morgan fingerprint density at radius 3 is 1.15 bits per heavy atom. The van der Waals surface area contributed by atoms with E-state index in [1.165, 1.54) is 33.4 Å². The van der Waals surface area contributed by atoms with Gasteiger partial charge in [-0.3, -0.25) is 9.98 Å². The highest BCUT2D eigenvalue weighted by atomic mass is 14.8. The lowest BCUT2D eigenvalue weighted by Crippen LogP contribution is -2.11. The Morgan fingerprint density at radius 2 is 0.878 bits per heavy atom. The van der Waals surface area contributed by atoms with E-state index in [1.807, 2.05) is 12.2 Å². The summed E-state index contributed by atoms with van der Waals surface area (Å²) in [7, 11) is 0. The number of aliphatic imine (C=N–C) groups is 2. The molecule has 0 bridgehead atoms. The third-order valence-corrected chi connectivity index (χ3v) is 9.23. The fourth-order valence-corrected chi connectivity index (χ4v) is 5.91. The number of benzene rings is 2. The zero-order chi connectivity index (χ0) is 30.7. The first-order chi connectivity index (χ1) is 19.6. The number of hydrogen-bond donors (Lipinski definition) is 0. The van der Waals surface area contributed by atoms with Gasteiger partial charge in [-0.05, 0) is 126 Å². The fraction of sp³-hybridized carbons (Fsp3) is 0.538. The molecule has 4 unspecified atom stereocenters. The summed E-state index contributed by atoms with van der Waals surface area (Å²) in [6, 6.07) is 9.28. The van der Waals surface area contributed by atoms with Crippen molar-refractivity contribution in [1.29, 1.82) is 0 Å². The summed E-state index contributed by atoms with van der Waals surface area (Å²) in [5, 5.41) is 0. The molecule has 0 radical (unpaired) electrons. The third-order valence-electron chi connectivity index (χ3n) is 9.23. The van der Waals surface area contributed by atoms with Crippen LogP contribution in [0.15, 0.2) is 59.6 Å². The van der Waals surface area contributed by atoms with E-state index < -0.39 is 0 Å². The molecule has 0 aromatic heterocycles. The number of hydrogen-bond acceptors (Lipinski definition) is 2. The summed E-state index contributed by atoms with van der Waals surface area (Å²) in [6.07, 6.45) is 10.9. The molecule has 2 nitrogen and oxygen atoms in total. The molecule has 41 heavy (non-hydrogen) atoms. The second-order valence-electron chi connectivity index (χ2n) is 11.9. The molecule has 224 valence electrons. The molecular weight excluding hydrogens is 496 g/mol. The summed E-state index contributed by atoms with van der Waals surface area (Å²) in [5.41, 5.74) is 13.1. The molecule has 0 amide bonds. The Labute approximate surface area is 253 Å². The summed E-state index contributed by atoms with van der Waals surface area (Å²) < 4.78 is 0. The van der Waals surface area contributed by atoms with Gasteiger partial charge in [0.2, 0.25) is 0 Å². The van der Waals surface area contributed by atoms with Crippen LogP contribution in [0.3, 0.4) is 0 Å². The van der Waals surface area contributed by atoms with Crippen LogP contribution in [0.5, 0.6) is 0 Å². The molecule has 0 aliphatic rings. The molecular formula is C39H58N2. The minimum absolute atomic E-state index is 0.438. The number of allylic oxidation sites excluding steroid dienone is 2. The van der Waals surface area contributed by atoms with Crippen LogP contribution >= 0.6 is 0 Å². The maximum Gasteiger partial charge on any atom is 0.0670 e. The van der Waals surface area contributed by atoms with Crippen LogP contribution in [0.25, 0.3) is 0 Å². The van der Waals surface area contributed by atoms with Crippen LogP contribution in [0, 0.1) is 0 Å². The smallest absolute Gasteiger partial charge is 0.0670 e. The lowest BCUT2D eigenvalue weighted by atomic mass is 9.78. The highest BCUT2D eigenvalue weighted by Gasteiger charge is 2.25. The van der Waals surface area contributed by atoms with Gasteiger partial charge >= 0.3 is 0 Å². The molecule has 0 fully saturated rings. The van der Waals surface area contributed by atoms with Crippen molar-refractivity contribution in [3.05, 3.63) is 83.0 Å². The van der Waals surface area contributed by atoms with Gasteiger partial charge in [-0.25, -0.2) is 0 Å². The van der Waals surface area contributed by atoms with E-state index in [0.29, 0.717) is 23.7 Å². The van der Waals surface area contributed by atoms with Gasteiger partial charge in [0.05, 0.1) is 11.4 Å². The van der Waals surface area contributed by atoms with E-state index >= 15 is 0 Å². The van der Waals surface area contributed by atoms with E-state index in [4.69, 9.17) is 9.98 Å². The first kappa shape index (κ1) is 34.5. The third kappa shape index (κ3) is 8.18. The first-order valence-electron chi connectivity index (χ1n) is 16.4. The average Bonchev–Trinajstić information content (AvgIpc) is 3.01. The molecule has 0 N–H and O–H groups in total. The van der Waals surface area contributed by atoms with Gasteiger partial charge in [0, 0.05) is 11.4 Å². The van der Waals surface area contributed by atoms with Crippen molar-refractivity contribution >= 4 is 22.8 Å². The summed E-state index contributed by atoms with van der Waals surface area (Å²) in [4.78, 5) is 10.3. The zero-order valence-electron chi connectivity index (χ0n) is 28.0. The molecule has 0 aliphatic heterocycles. The van der Waals surface area contributed by atoms with E-state index in [-0.39, 0.29) is 0 Å². The van der Waals surface area contributed by atoms with Crippen molar-refractivity contribution < 1.29 is 0 Å². The van der Waals surface area contributed by atoms with E-state index in [2.05, 4.69) is 107 Å². The van der Waals surface area contributed by atoms with Gasteiger partial charge in [-0.1, -0.05) is 94.5 Å². The quantitative estimate of drug-likeness (QED) is 0.184. The summed E-state index contributed by atoms with van der Waals surface area (Å²) >= 11 is 0. The Morgan fingerprint density at radius 1 is 0.561 bits per heavy atom. The van der Waals surface area contributed by atoms with Crippen molar-refractivity contribution in [1.82, 2.24) is 0 Å².